The molecule has 23 heavy (non-hydrogen) atoms. The van der Waals surface area contributed by atoms with Gasteiger partial charge in [0.1, 0.15) is 5.69 Å². The van der Waals surface area contributed by atoms with E-state index in [0.29, 0.717) is 0 Å². The molecule has 2 aromatic heterocycles. The Morgan fingerprint density at radius 3 is 2.04 bits per heavy atom. The van der Waals surface area contributed by atoms with Gasteiger partial charge >= 0.3 is 0 Å². The monoisotopic (exact) mass is 295 g/mol. The number of fused-ring (bicyclic) bond motifs is 6. The number of benzene rings is 3. The Hall–Kier alpha value is -3.20. The van der Waals surface area contributed by atoms with Crippen molar-refractivity contribution in [3.8, 4) is 11.5 Å². The van der Waals surface area contributed by atoms with E-state index in [-0.39, 0.29) is 0 Å². The summed E-state index contributed by atoms with van der Waals surface area (Å²) in [7, 11) is 0. The average molecular weight is 295 g/mol. The van der Waals surface area contributed by atoms with Crippen LogP contribution in [0.1, 0.15) is 0 Å². The highest BCUT2D eigenvalue weighted by Gasteiger charge is 2.13. The zero-order chi connectivity index (χ0) is 15.2. The summed E-state index contributed by atoms with van der Waals surface area (Å²) < 4.78 is 0. The number of nitrogens with zero attached hydrogens (tertiary/aromatic N) is 2. The number of imidazole rings is 1. The van der Waals surface area contributed by atoms with E-state index < -0.39 is 0 Å². The van der Waals surface area contributed by atoms with E-state index in [4.69, 9.17) is 4.98 Å². The number of pyridine rings is 1. The Labute approximate surface area is 132 Å². The first-order valence-electron chi connectivity index (χ1n) is 7.62. The molecule has 0 amide bonds. The minimum Gasteiger partial charge on any atom is -0.336 e. The molecule has 2 heterocycles. The van der Waals surface area contributed by atoms with Crippen molar-refractivity contribution >= 4 is 32.6 Å². The molecule has 5 rings (SSSR count). The van der Waals surface area contributed by atoms with Crippen LogP contribution < -0.4 is 0 Å². The van der Waals surface area contributed by atoms with Crippen molar-refractivity contribution in [3.63, 3.8) is 0 Å². The van der Waals surface area contributed by atoms with Gasteiger partial charge in [0.15, 0.2) is 5.82 Å². The van der Waals surface area contributed by atoms with Crippen LogP contribution in [-0.4, -0.2) is 15.0 Å². The van der Waals surface area contributed by atoms with Crippen molar-refractivity contribution in [1.29, 1.82) is 0 Å². The SMILES string of the molecule is c1ccc(-c2nc3c4ccccc4c4ccccc4c3[nH]2)nc1. The van der Waals surface area contributed by atoms with Gasteiger partial charge in [-0.05, 0) is 22.9 Å². The fourth-order valence-electron chi connectivity index (χ4n) is 3.25. The molecule has 3 aromatic carbocycles. The molecular formula is C20H13N3. The zero-order valence-corrected chi connectivity index (χ0v) is 12.3. The van der Waals surface area contributed by atoms with E-state index in [1.165, 1.54) is 21.5 Å². The van der Waals surface area contributed by atoms with Gasteiger partial charge in [0, 0.05) is 17.0 Å². The number of aromatic amines is 1. The molecule has 108 valence electrons. The summed E-state index contributed by atoms with van der Waals surface area (Å²) in [5.41, 5.74) is 2.93. The quantitative estimate of drug-likeness (QED) is 0.445. The van der Waals surface area contributed by atoms with Gasteiger partial charge in [-0.15, -0.1) is 0 Å². The number of hydrogen-bond donors (Lipinski definition) is 1. The topological polar surface area (TPSA) is 41.6 Å². The maximum Gasteiger partial charge on any atom is 0.157 e. The highest BCUT2D eigenvalue weighted by molar-refractivity contribution is 6.23. The van der Waals surface area contributed by atoms with Crippen LogP contribution in [-0.2, 0) is 0 Å². The minimum atomic E-state index is 0.808. The van der Waals surface area contributed by atoms with Crippen LogP contribution >= 0.6 is 0 Å². The Balaban J connectivity index is 1.99. The summed E-state index contributed by atoms with van der Waals surface area (Å²) >= 11 is 0. The van der Waals surface area contributed by atoms with Crippen LogP contribution in [0.3, 0.4) is 0 Å². The zero-order valence-electron chi connectivity index (χ0n) is 12.3. The first-order valence-corrected chi connectivity index (χ1v) is 7.62. The van der Waals surface area contributed by atoms with Crippen molar-refractivity contribution in [2.75, 3.05) is 0 Å². The van der Waals surface area contributed by atoms with E-state index in [2.05, 4.69) is 58.5 Å². The maximum absolute atomic E-state index is 4.84. The number of rotatable bonds is 1. The third kappa shape index (κ3) is 1.77. The van der Waals surface area contributed by atoms with Crippen molar-refractivity contribution in [1.82, 2.24) is 15.0 Å². The molecule has 3 heteroatoms. The molecule has 1 N–H and O–H groups in total. The molecule has 0 fully saturated rings. The van der Waals surface area contributed by atoms with Crippen molar-refractivity contribution in [3.05, 3.63) is 72.9 Å². The highest BCUT2D eigenvalue weighted by atomic mass is 14.9. The summed E-state index contributed by atoms with van der Waals surface area (Å²) in [5.74, 6) is 0.808. The second-order valence-corrected chi connectivity index (χ2v) is 5.62. The summed E-state index contributed by atoms with van der Waals surface area (Å²) in [6.07, 6.45) is 1.79. The Morgan fingerprint density at radius 1 is 0.652 bits per heavy atom. The van der Waals surface area contributed by atoms with Gasteiger partial charge in [-0.3, -0.25) is 4.98 Å². The third-order valence-electron chi connectivity index (χ3n) is 4.28. The Kier molecular flexibility index (Phi) is 2.50. The van der Waals surface area contributed by atoms with E-state index in [0.717, 1.165) is 22.6 Å². The summed E-state index contributed by atoms with van der Waals surface area (Å²) in [5, 5.41) is 4.83. The first-order chi connectivity index (χ1) is 11.4. The second-order valence-electron chi connectivity index (χ2n) is 5.62. The largest absolute Gasteiger partial charge is 0.336 e. The van der Waals surface area contributed by atoms with Crippen molar-refractivity contribution in [2.24, 2.45) is 0 Å². The van der Waals surface area contributed by atoms with Gasteiger partial charge in [-0.2, -0.15) is 0 Å². The Morgan fingerprint density at radius 2 is 1.30 bits per heavy atom. The van der Waals surface area contributed by atoms with Gasteiger partial charge in [0.2, 0.25) is 0 Å². The molecule has 0 bridgehead atoms. The molecule has 0 aliphatic carbocycles. The lowest BCUT2D eigenvalue weighted by atomic mass is 10.0. The molecule has 0 aliphatic rings. The number of H-pyrrole nitrogens is 1. The van der Waals surface area contributed by atoms with Gasteiger partial charge in [-0.25, -0.2) is 4.98 Å². The van der Waals surface area contributed by atoms with E-state index in [9.17, 15) is 0 Å². The number of nitrogens with one attached hydrogen (secondary N) is 1. The van der Waals surface area contributed by atoms with Crippen molar-refractivity contribution < 1.29 is 0 Å². The van der Waals surface area contributed by atoms with Crippen molar-refractivity contribution in [2.45, 2.75) is 0 Å². The molecule has 5 aromatic rings. The van der Waals surface area contributed by atoms with Crippen LogP contribution in [0.5, 0.6) is 0 Å². The molecule has 0 saturated carbocycles. The maximum atomic E-state index is 4.84. The van der Waals surface area contributed by atoms with E-state index in [1.807, 2.05) is 18.2 Å². The van der Waals surface area contributed by atoms with Crippen LogP contribution in [0.2, 0.25) is 0 Å². The normalized spacial score (nSPS) is 11.5. The average Bonchev–Trinajstić information content (AvgIpc) is 3.09. The fraction of sp³-hybridized carbons (Fsp3) is 0. The van der Waals surface area contributed by atoms with Gasteiger partial charge in [0.25, 0.3) is 0 Å². The van der Waals surface area contributed by atoms with Crippen LogP contribution in [0.25, 0.3) is 44.1 Å². The van der Waals surface area contributed by atoms with Gasteiger partial charge in [-0.1, -0.05) is 54.6 Å². The molecule has 0 aliphatic heterocycles. The molecular weight excluding hydrogens is 282 g/mol. The van der Waals surface area contributed by atoms with Crippen LogP contribution in [0.4, 0.5) is 0 Å². The molecule has 0 radical (unpaired) electrons. The van der Waals surface area contributed by atoms with Crippen LogP contribution in [0, 0.1) is 0 Å². The minimum absolute atomic E-state index is 0.808. The highest BCUT2D eigenvalue weighted by Crippen LogP contribution is 2.34. The van der Waals surface area contributed by atoms with E-state index in [1.54, 1.807) is 6.20 Å². The third-order valence-corrected chi connectivity index (χ3v) is 4.28. The number of aromatic nitrogens is 3. The number of hydrogen-bond acceptors (Lipinski definition) is 2. The van der Waals surface area contributed by atoms with Gasteiger partial charge in [0.05, 0.1) is 11.0 Å². The smallest absolute Gasteiger partial charge is 0.157 e. The molecule has 0 spiro atoms. The molecule has 0 saturated heterocycles. The van der Waals surface area contributed by atoms with Gasteiger partial charge < -0.3 is 4.98 Å². The molecule has 3 nitrogen and oxygen atoms in total. The molecule has 0 unspecified atom stereocenters. The summed E-state index contributed by atoms with van der Waals surface area (Å²) in [4.78, 5) is 12.7. The lowest BCUT2D eigenvalue weighted by Gasteiger charge is -2.05. The summed E-state index contributed by atoms with van der Waals surface area (Å²) in [6, 6.07) is 22.8. The Bertz CT molecular complexity index is 1080. The molecule has 0 atom stereocenters. The predicted octanol–water partition coefficient (Wildman–Crippen LogP) is 4.93. The summed E-state index contributed by atoms with van der Waals surface area (Å²) in [6.45, 7) is 0. The predicted molar refractivity (Wildman–Crippen MR) is 94.3 cm³/mol. The van der Waals surface area contributed by atoms with E-state index >= 15 is 0 Å². The second kappa shape index (κ2) is 4.65. The first kappa shape index (κ1) is 12.4. The van der Waals surface area contributed by atoms with Crippen LogP contribution in [0.15, 0.2) is 72.9 Å². The standard InChI is InChI=1S/C20H13N3/c1-3-9-15-13(7-1)14-8-2-4-10-16(14)19-18(15)22-20(23-19)17-11-5-6-12-21-17/h1-12H,(H,22,23). The lowest BCUT2D eigenvalue weighted by molar-refractivity contribution is 1.24. The fourth-order valence-corrected chi connectivity index (χ4v) is 3.25. The lowest BCUT2D eigenvalue weighted by Crippen LogP contribution is -1.83.